The molecule has 0 unspecified atom stereocenters. The number of aromatic nitrogens is 2. The van der Waals surface area contributed by atoms with Crippen molar-refractivity contribution in [2.75, 3.05) is 0 Å². The summed E-state index contributed by atoms with van der Waals surface area (Å²) in [5, 5.41) is 13.0. The zero-order chi connectivity index (χ0) is 6.27. The summed E-state index contributed by atoms with van der Waals surface area (Å²) < 4.78 is 4.70. The van der Waals surface area contributed by atoms with Gasteiger partial charge in [-0.1, -0.05) is 5.16 Å². The molecule has 4 heteroatoms. The SMILES string of the molecule is Oc1[nH]cc2oncc12. The lowest BCUT2D eigenvalue weighted by atomic mass is 10.4. The molecule has 0 aliphatic carbocycles. The minimum atomic E-state index is 0.103. The van der Waals surface area contributed by atoms with Crippen LogP contribution in [0.4, 0.5) is 0 Å². The maximum atomic E-state index is 8.94. The van der Waals surface area contributed by atoms with Gasteiger partial charge in [0.1, 0.15) is 5.39 Å². The van der Waals surface area contributed by atoms with Crippen LogP contribution in [-0.2, 0) is 0 Å². The van der Waals surface area contributed by atoms with Crippen molar-refractivity contribution in [3.05, 3.63) is 12.4 Å². The van der Waals surface area contributed by atoms with Gasteiger partial charge in [0.25, 0.3) is 0 Å². The van der Waals surface area contributed by atoms with Crippen LogP contribution >= 0.6 is 0 Å². The van der Waals surface area contributed by atoms with E-state index in [0.29, 0.717) is 11.0 Å². The molecule has 0 atom stereocenters. The van der Waals surface area contributed by atoms with Crippen molar-refractivity contribution >= 4 is 11.0 Å². The van der Waals surface area contributed by atoms with Crippen molar-refractivity contribution in [2.24, 2.45) is 0 Å². The largest absolute Gasteiger partial charge is 0.494 e. The highest BCUT2D eigenvalue weighted by Gasteiger charge is 2.03. The van der Waals surface area contributed by atoms with Gasteiger partial charge in [-0.15, -0.1) is 0 Å². The van der Waals surface area contributed by atoms with Gasteiger partial charge >= 0.3 is 0 Å². The summed E-state index contributed by atoms with van der Waals surface area (Å²) in [6, 6.07) is 0. The Morgan fingerprint density at radius 1 is 1.67 bits per heavy atom. The predicted molar refractivity (Wildman–Crippen MR) is 30.0 cm³/mol. The number of aromatic hydroxyl groups is 1. The molecule has 0 aliphatic heterocycles. The Morgan fingerprint density at radius 2 is 2.56 bits per heavy atom. The maximum absolute atomic E-state index is 8.94. The van der Waals surface area contributed by atoms with Crippen molar-refractivity contribution in [1.29, 1.82) is 0 Å². The Kier molecular flexibility index (Phi) is 0.631. The molecule has 0 saturated heterocycles. The Labute approximate surface area is 50.1 Å². The molecule has 2 rings (SSSR count). The van der Waals surface area contributed by atoms with Crippen LogP contribution < -0.4 is 0 Å². The van der Waals surface area contributed by atoms with Crippen molar-refractivity contribution in [2.45, 2.75) is 0 Å². The zero-order valence-electron chi connectivity index (χ0n) is 4.46. The number of hydrogen-bond donors (Lipinski definition) is 2. The first kappa shape index (κ1) is 4.43. The molecule has 0 aliphatic rings. The van der Waals surface area contributed by atoms with Gasteiger partial charge in [-0.2, -0.15) is 0 Å². The van der Waals surface area contributed by atoms with Gasteiger partial charge in [0.2, 0.25) is 5.88 Å². The van der Waals surface area contributed by atoms with Crippen LogP contribution in [0, 0.1) is 0 Å². The van der Waals surface area contributed by atoms with Crippen LogP contribution in [0.3, 0.4) is 0 Å². The van der Waals surface area contributed by atoms with Crippen LogP contribution in [0.25, 0.3) is 11.0 Å². The Hall–Kier alpha value is -1.45. The molecule has 46 valence electrons. The molecule has 2 N–H and O–H groups in total. The lowest BCUT2D eigenvalue weighted by molar-refractivity contribution is 0.454. The molecule has 0 aromatic carbocycles. The Bertz CT molecular complexity index is 322. The van der Waals surface area contributed by atoms with Crippen LogP contribution in [-0.4, -0.2) is 15.2 Å². The predicted octanol–water partition coefficient (Wildman–Crippen LogP) is 0.861. The van der Waals surface area contributed by atoms with Crippen LogP contribution in [0.2, 0.25) is 0 Å². The molecule has 2 aromatic heterocycles. The highest BCUT2D eigenvalue weighted by Crippen LogP contribution is 2.21. The zero-order valence-corrected chi connectivity index (χ0v) is 4.46. The summed E-state index contributed by atoms with van der Waals surface area (Å²) in [6.07, 6.45) is 3.01. The fourth-order valence-electron chi connectivity index (χ4n) is 0.742. The monoisotopic (exact) mass is 124 g/mol. The fraction of sp³-hybridized carbons (Fsp3) is 0. The summed E-state index contributed by atoms with van der Waals surface area (Å²) in [6.45, 7) is 0. The van der Waals surface area contributed by atoms with E-state index in [-0.39, 0.29) is 5.88 Å². The maximum Gasteiger partial charge on any atom is 0.201 e. The second-order valence-electron chi connectivity index (χ2n) is 1.74. The molecule has 0 saturated carbocycles. The van der Waals surface area contributed by atoms with Gasteiger partial charge in [-0.05, 0) is 0 Å². The van der Waals surface area contributed by atoms with Crippen molar-refractivity contribution in [3.63, 3.8) is 0 Å². The van der Waals surface area contributed by atoms with E-state index in [4.69, 9.17) is 9.63 Å². The second-order valence-corrected chi connectivity index (χ2v) is 1.74. The van der Waals surface area contributed by atoms with Crippen LogP contribution in [0.15, 0.2) is 16.9 Å². The number of aromatic amines is 1. The van der Waals surface area contributed by atoms with E-state index in [0.717, 1.165) is 0 Å². The summed E-state index contributed by atoms with van der Waals surface area (Å²) >= 11 is 0. The van der Waals surface area contributed by atoms with E-state index in [1.54, 1.807) is 6.20 Å². The first-order valence-corrected chi connectivity index (χ1v) is 2.48. The summed E-state index contributed by atoms with van der Waals surface area (Å²) in [7, 11) is 0. The summed E-state index contributed by atoms with van der Waals surface area (Å²) in [4.78, 5) is 2.58. The highest BCUT2D eigenvalue weighted by molar-refractivity contribution is 5.81. The van der Waals surface area contributed by atoms with Crippen molar-refractivity contribution in [3.8, 4) is 5.88 Å². The van der Waals surface area contributed by atoms with Gasteiger partial charge in [0.15, 0.2) is 5.58 Å². The molecular formula is C5H4N2O2. The van der Waals surface area contributed by atoms with Gasteiger partial charge in [0.05, 0.1) is 12.4 Å². The number of H-pyrrole nitrogens is 1. The smallest absolute Gasteiger partial charge is 0.201 e. The standard InChI is InChI=1S/C5H4N2O2/c8-5-3-1-7-9-4(3)2-6-5/h1-2,6,8H. The fourth-order valence-corrected chi connectivity index (χ4v) is 0.742. The molecule has 9 heavy (non-hydrogen) atoms. The average Bonchev–Trinajstić information content (AvgIpc) is 2.35. The molecule has 0 spiro atoms. The number of nitrogens with one attached hydrogen (secondary N) is 1. The summed E-state index contributed by atoms with van der Waals surface area (Å²) in [5.74, 6) is 0.103. The van der Waals surface area contributed by atoms with E-state index in [1.165, 1.54) is 6.20 Å². The van der Waals surface area contributed by atoms with E-state index in [9.17, 15) is 0 Å². The normalized spacial score (nSPS) is 10.7. The lowest BCUT2D eigenvalue weighted by Gasteiger charge is -1.75. The molecule has 4 nitrogen and oxygen atoms in total. The molecular weight excluding hydrogens is 120 g/mol. The highest BCUT2D eigenvalue weighted by atomic mass is 16.5. The third kappa shape index (κ3) is 0.440. The van der Waals surface area contributed by atoms with Crippen LogP contribution in [0.5, 0.6) is 5.88 Å². The second kappa shape index (κ2) is 1.28. The minimum absolute atomic E-state index is 0.103. The number of nitrogens with zero attached hydrogens (tertiary/aromatic N) is 1. The Balaban J connectivity index is 2.99. The number of rotatable bonds is 0. The quantitative estimate of drug-likeness (QED) is 0.547. The molecule has 0 bridgehead atoms. The molecule has 0 amide bonds. The number of hydrogen-bond acceptors (Lipinski definition) is 3. The third-order valence-corrected chi connectivity index (χ3v) is 1.19. The van der Waals surface area contributed by atoms with Gasteiger partial charge in [-0.25, -0.2) is 0 Å². The number of fused-ring (bicyclic) bond motifs is 1. The van der Waals surface area contributed by atoms with Gasteiger partial charge in [0, 0.05) is 0 Å². The van der Waals surface area contributed by atoms with Gasteiger partial charge in [-0.3, -0.25) is 0 Å². The summed E-state index contributed by atoms with van der Waals surface area (Å²) in [5.41, 5.74) is 0.576. The Morgan fingerprint density at radius 3 is 3.33 bits per heavy atom. The third-order valence-electron chi connectivity index (χ3n) is 1.19. The topological polar surface area (TPSA) is 62.0 Å². The first-order chi connectivity index (χ1) is 4.38. The van der Waals surface area contributed by atoms with E-state index in [2.05, 4.69) is 10.1 Å². The van der Waals surface area contributed by atoms with Crippen molar-refractivity contribution < 1.29 is 9.63 Å². The van der Waals surface area contributed by atoms with Gasteiger partial charge < -0.3 is 14.6 Å². The average molecular weight is 124 g/mol. The lowest BCUT2D eigenvalue weighted by Crippen LogP contribution is -1.57. The molecule has 2 aromatic rings. The van der Waals surface area contributed by atoms with E-state index in [1.807, 2.05) is 0 Å². The molecule has 0 fully saturated rings. The van der Waals surface area contributed by atoms with Crippen molar-refractivity contribution in [1.82, 2.24) is 10.1 Å². The molecule has 0 radical (unpaired) electrons. The van der Waals surface area contributed by atoms with E-state index < -0.39 is 0 Å². The minimum Gasteiger partial charge on any atom is -0.494 e. The first-order valence-electron chi connectivity index (χ1n) is 2.48. The molecule has 2 heterocycles. The van der Waals surface area contributed by atoms with Crippen LogP contribution in [0.1, 0.15) is 0 Å². The van der Waals surface area contributed by atoms with E-state index >= 15 is 0 Å².